The van der Waals surface area contributed by atoms with Crippen LogP contribution < -0.4 is 16.0 Å². The molecule has 12 heteroatoms. The molecule has 8 nitrogen and oxygen atoms in total. The average Bonchev–Trinajstić information content (AvgIpc) is 3.67. The van der Waals surface area contributed by atoms with Crippen molar-refractivity contribution in [3.63, 3.8) is 0 Å². The summed E-state index contributed by atoms with van der Waals surface area (Å²) in [5, 5.41) is 10.6. The van der Waals surface area contributed by atoms with E-state index in [-0.39, 0.29) is 55.2 Å². The molecule has 3 saturated heterocycles. The number of aryl methyl sites for hydroxylation is 1. The molecule has 3 N–H and O–H groups in total. The van der Waals surface area contributed by atoms with Crippen LogP contribution in [-0.2, 0) is 20.8 Å². The van der Waals surface area contributed by atoms with E-state index in [9.17, 15) is 19.2 Å². The molecule has 266 valence electrons. The van der Waals surface area contributed by atoms with Gasteiger partial charge in [-0.15, -0.1) is 0 Å². The van der Waals surface area contributed by atoms with Crippen LogP contribution in [-0.4, -0.2) is 70.7 Å². The Balaban J connectivity index is 1.20. The van der Waals surface area contributed by atoms with Gasteiger partial charge < -0.3 is 20.9 Å². The van der Waals surface area contributed by atoms with Gasteiger partial charge in [-0.2, -0.15) is 11.8 Å². The number of likely N-dealkylation sites (tertiary alicyclic amines) is 1. The highest BCUT2D eigenvalue weighted by Crippen LogP contribution is 2.33. The fraction of sp³-hybridized carbons (Fsp3) is 0.333. The largest absolute Gasteiger partial charge is 0.344 e. The molecular formula is C39H39Cl3N4O4S. The van der Waals surface area contributed by atoms with Crippen molar-refractivity contribution in [2.24, 2.45) is 0 Å². The molecule has 3 aliphatic heterocycles. The molecular weight excluding hydrogens is 727 g/mol. The van der Waals surface area contributed by atoms with E-state index in [0.717, 1.165) is 35.3 Å². The van der Waals surface area contributed by atoms with Crippen LogP contribution in [0.1, 0.15) is 47.9 Å². The molecule has 3 aromatic rings. The Morgan fingerprint density at radius 2 is 1.59 bits per heavy atom. The van der Waals surface area contributed by atoms with Gasteiger partial charge in [0.2, 0.25) is 11.8 Å². The molecule has 51 heavy (non-hydrogen) atoms. The number of rotatable bonds is 11. The van der Waals surface area contributed by atoms with Crippen molar-refractivity contribution in [3.8, 4) is 0 Å². The third-order valence-electron chi connectivity index (χ3n) is 9.44. The van der Waals surface area contributed by atoms with E-state index in [1.165, 1.54) is 0 Å². The standard InChI is InChI=1S/C39H39Cl3N4O4S/c1-23-11-12-25(17-30(23)41)15-27-20-46(21-28(37(27)48)16-26-13-14-29(40)31(42)18-26)38(49)32(19-24-7-3-2-4-8-24)43-35(47)10-6-5-9-34-36-33(22-51-34)44-39(50)45-36/h2-4,7-8,11-18,32-34,36H,5-6,9-10,19-22H2,1H3,(H,43,47)(H2,44,45,50)/b27-15+,28-16+/t32-,33?,34-,36?/m0/s1. The molecule has 0 spiro atoms. The number of carbonyl (C=O) groups is 4. The summed E-state index contributed by atoms with van der Waals surface area (Å²) in [6.07, 6.45) is 6.44. The van der Waals surface area contributed by atoms with Crippen molar-refractivity contribution >= 4 is 82.3 Å². The number of Topliss-reactive ketones (excluding diaryl/α,β-unsaturated/α-hetero) is 1. The summed E-state index contributed by atoms with van der Waals surface area (Å²) in [5.74, 6) is 0.206. The summed E-state index contributed by atoms with van der Waals surface area (Å²) in [6, 6.07) is 19.6. The second kappa shape index (κ2) is 16.7. The van der Waals surface area contributed by atoms with E-state index in [2.05, 4.69) is 16.0 Å². The van der Waals surface area contributed by atoms with Crippen LogP contribution in [0.4, 0.5) is 4.79 Å². The Morgan fingerprint density at radius 3 is 2.27 bits per heavy atom. The first kappa shape index (κ1) is 37.0. The van der Waals surface area contributed by atoms with Gasteiger partial charge in [0.05, 0.1) is 22.1 Å². The molecule has 0 aromatic heterocycles. The number of hydrogen-bond acceptors (Lipinski definition) is 5. The number of fused-ring (bicyclic) bond motifs is 1. The number of ketones is 1. The number of nitrogens with zero attached hydrogens (tertiary/aromatic N) is 1. The fourth-order valence-corrected chi connectivity index (χ4v) is 8.75. The molecule has 3 aromatic carbocycles. The minimum absolute atomic E-state index is 0.0533. The Kier molecular flexibility index (Phi) is 12.1. The molecule has 2 unspecified atom stereocenters. The van der Waals surface area contributed by atoms with Crippen LogP contribution in [0.3, 0.4) is 0 Å². The van der Waals surface area contributed by atoms with Crippen LogP contribution in [0, 0.1) is 6.92 Å². The summed E-state index contributed by atoms with van der Waals surface area (Å²) in [6.45, 7) is 2.02. The molecule has 3 aliphatic rings. The summed E-state index contributed by atoms with van der Waals surface area (Å²) in [5.41, 5.74) is 4.06. The smallest absolute Gasteiger partial charge is 0.315 e. The first-order valence-corrected chi connectivity index (χ1v) is 19.2. The number of amides is 4. The Labute approximate surface area is 317 Å². The van der Waals surface area contributed by atoms with Crippen molar-refractivity contribution in [1.82, 2.24) is 20.9 Å². The zero-order valence-corrected chi connectivity index (χ0v) is 31.2. The normalized spacial score (nSPS) is 22.1. The van der Waals surface area contributed by atoms with Gasteiger partial charge in [-0.25, -0.2) is 4.79 Å². The number of thioether (sulfide) groups is 1. The number of benzene rings is 3. The lowest BCUT2D eigenvalue weighted by Crippen LogP contribution is -2.52. The SMILES string of the molecule is Cc1ccc(/C=C2\CN(C(=O)[C@H](Cc3ccccc3)NC(=O)CCCC[C@@H]3SCC4NC(=O)NC43)C/C(=C\c3ccc(Cl)c(Cl)c3)C2=O)cc1Cl. The van der Waals surface area contributed by atoms with Crippen molar-refractivity contribution in [3.05, 3.63) is 115 Å². The van der Waals surface area contributed by atoms with E-state index in [1.54, 1.807) is 41.3 Å². The molecule has 0 bridgehead atoms. The van der Waals surface area contributed by atoms with E-state index in [4.69, 9.17) is 34.8 Å². The molecule has 6 rings (SSSR count). The van der Waals surface area contributed by atoms with Crippen LogP contribution in [0.2, 0.25) is 15.1 Å². The number of halogens is 3. The lowest BCUT2D eigenvalue weighted by molar-refractivity contribution is -0.136. The van der Waals surface area contributed by atoms with Gasteiger partial charge in [0, 0.05) is 53.1 Å². The van der Waals surface area contributed by atoms with Gasteiger partial charge in [0.25, 0.3) is 0 Å². The van der Waals surface area contributed by atoms with Gasteiger partial charge in [0.15, 0.2) is 5.78 Å². The predicted molar refractivity (Wildman–Crippen MR) is 206 cm³/mol. The van der Waals surface area contributed by atoms with Gasteiger partial charge in [-0.1, -0.05) is 89.8 Å². The molecule has 3 fully saturated rings. The molecule has 4 amide bonds. The van der Waals surface area contributed by atoms with Gasteiger partial charge >= 0.3 is 6.03 Å². The summed E-state index contributed by atoms with van der Waals surface area (Å²) < 4.78 is 0. The van der Waals surface area contributed by atoms with E-state index < -0.39 is 6.04 Å². The second-order valence-corrected chi connectivity index (χ2v) is 15.7. The summed E-state index contributed by atoms with van der Waals surface area (Å²) in [7, 11) is 0. The van der Waals surface area contributed by atoms with Crippen LogP contribution in [0.5, 0.6) is 0 Å². The number of unbranched alkanes of at least 4 members (excludes halogenated alkanes) is 1. The molecule has 3 heterocycles. The van der Waals surface area contributed by atoms with Crippen molar-refractivity contribution in [2.75, 3.05) is 18.8 Å². The first-order valence-electron chi connectivity index (χ1n) is 17.0. The van der Waals surface area contributed by atoms with Gasteiger partial charge in [-0.3, -0.25) is 14.4 Å². The highest BCUT2D eigenvalue weighted by molar-refractivity contribution is 8.00. The molecule has 0 radical (unpaired) electrons. The maximum absolute atomic E-state index is 14.4. The van der Waals surface area contributed by atoms with Crippen molar-refractivity contribution in [2.45, 2.75) is 62.4 Å². The number of carbonyl (C=O) groups excluding carboxylic acids is 4. The maximum Gasteiger partial charge on any atom is 0.315 e. The zero-order valence-electron chi connectivity index (χ0n) is 28.1. The quantitative estimate of drug-likeness (QED) is 0.108. The highest BCUT2D eigenvalue weighted by atomic mass is 35.5. The topological polar surface area (TPSA) is 108 Å². The lowest BCUT2D eigenvalue weighted by atomic mass is 9.93. The van der Waals surface area contributed by atoms with Crippen LogP contribution in [0.15, 0.2) is 77.9 Å². The average molecular weight is 766 g/mol. The maximum atomic E-state index is 14.4. The Bertz CT molecular complexity index is 1810. The zero-order chi connectivity index (χ0) is 36.1. The highest BCUT2D eigenvalue weighted by Gasteiger charge is 2.42. The van der Waals surface area contributed by atoms with Crippen LogP contribution in [0.25, 0.3) is 12.2 Å². The molecule has 0 saturated carbocycles. The summed E-state index contributed by atoms with van der Waals surface area (Å²) >= 11 is 20.7. The lowest BCUT2D eigenvalue weighted by Gasteiger charge is -2.33. The Morgan fingerprint density at radius 1 is 0.902 bits per heavy atom. The van der Waals surface area contributed by atoms with Crippen LogP contribution >= 0.6 is 46.6 Å². The van der Waals surface area contributed by atoms with Crippen molar-refractivity contribution < 1.29 is 19.2 Å². The minimum atomic E-state index is -0.847. The van der Waals surface area contributed by atoms with E-state index in [1.807, 2.05) is 61.2 Å². The third-order valence-corrected chi connectivity index (χ3v) is 12.1. The fourth-order valence-electron chi connectivity index (χ4n) is 6.71. The van der Waals surface area contributed by atoms with Gasteiger partial charge in [0.1, 0.15) is 6.04 Å². The number of urea groups is 1. The summed E-state index contributed by atoms with van der Waals surface area (Å²) in [4.78, 5) is 55.0. The monoisotopic (exact) mass is 764 g/mol. The van der Waals surface area contributed by atoms with E-state index >= 15 is 0 Å². The third kappa shape index (κ3) is 9.38. The number of nitrogens with one attached hydrogen (secondary N) is 3. The van der Waals surface area contributed by atoms with E-state index in [0.29, 0.717) is 49.9 Å². The number of hydrogen-bond donors (Lipinski definition) is 3. The minimum Gasteiger partial charge on any atom is -0.344 e. The van der Waals surface area contributed by atoms with Gasteiger partial charge in [-0.05, 0) is 72.4 Å². The van der Waals surface area contributed by atoms with Crippen molar-refractivity contribution in [1.29, 1.82) is 0 Å². The molecule has 0 aliphatic carbocycles. The number of piperidine rings is 1. The first-order chi connectivity index (χ1) is 24.5. The molecule has 4 atom stereocenters. The Hall–Kier alpha value is -3.76. The second-order valence-electron chi connectivity index (χ2n) is 13.2. The predicted octanol–water partition coefficient (Wildman–Crippen LogP) is 7.29.